The predicted octanol–water partition coefficient (Wildman–Crippen LogP) is 1.88. The summed E-state index contributed by atoms with van der Waals surface area (Å²) in [7, 11) is 0. The van der Waals surface area contributed by atoms with E-state index in [4.69, 9.17) is 4.74 Å². The highest BCUT2D eigenvalue weighted by atomic mass is 16.5. The molecule has 0 unspecified atom stereocenters. The van der Waals surface area contributed by atoms with Crippen LogP contribution in [0.3, 0.4) is 0 Å². The lowest BCUT2D eigenvalue weighted by Gasteiger charge is -2.07. The van der Waals surface area contributed by atoms with Gasteiger partial charge >= 0.3 is 0 Å². The standard InChI is InChI=1S/C11H21NO2/c1-9(2)11(13)12-7-5-6-8-14-10(3)4/h10H,1,5-8H2,2-4H3,(H,12,13). The van der Waals surface area contributed by atoms with Gasteiger partial charge in [-0.3, -0.25) is 4.79 Å². The maximum absolute atomic E-state index is 11.0. The molecule has 0 radical (unpaired) electrons. The minimum absolute atomic E-state index is 0.0604. The molecule has 14 heavy (non-hydrogen) atoms. The maximum atomic E-state index is 11.0. The van der Waals surface area contributed by atoms with Crippen molar-refractivity contribution in [2.75, 3.05) is 13.2 Å². The molecule has 0 spiro atoms. The number of carbonyl (C=O) groups is 1. The minimum Gasteiger partial charge on any atom is -0.379 e. The Labute approximate surface area is 86.5 Å². The van der Waals surface area contributed by atoms with Crippen LogP contribution in [0.4, 0.5) is 0 Å². The molecule has 0 rings (SSSR count). The third kappa shape index (κ3) is 7.80. The van der Waals surface area contributed by atoms with Crippen LogP contribution in [0.15, 0.2) is 12.2 Å². The van der Waals surface area contributed by atoms with Crippen molar-refractivity contribution in [3.63, 3.8) is 0 Å². The summed E-state index contributed by atoms with van der Waals surface area (Å²) in [5, 5.41) is 2.78. The van der Waals surface area contributed by atoms with E-state index < -0.39 is 0 Å². The van der Waals surface area contributed by atoms with Gasteiger partial charge in [0.05, 0.1) is 6.10 Å². The van der Waals surface area contributed by atoms with Crippen LogP contribution in [0.25, 0.3) is 0 Å². The van der Waals surface area contributed by atoms with Crippen molar-refractivity contribution in [2.45, 2.75) is 39.7 Å². The van der Waals surface area contributed by atoms with Crippen LogP contribution in [0, 0.1) is 0 Å². The fraction of sp³-hybridized carbons (Fsp3) is 0.727. The number of carbonyl (C=O) groups excluding carboxylic acids is 1. The zero-order valence-corrected chi connectivity index (χ0v) is 9.43. The first-order valence-corrected chi connectivity index (χ1v) is 5.09. The van der Waals surface area contributed by atoms with E-state index in [1.807, 2.05) is 13.8 Å². The Balaban J connectivity index is 3.22. The summed E-state index contributed by atoms with van der Waals surface area (Å²) >= 11 is 0. The Hall–Kier alpha value is -0.830. The second kappa shape index (κ2) is 7.56. The molecule has 0 saturated carbocycles. The molecule has 0 aromatic rings. The molecule has 1 N–H and O–H groups in total. The van der Waals surface area contributed by atoms with Gasteiger partial charge in [0.15, 0.2) is 0 Å². The predicted molar refractivity (Wildman–Crippen MR) is 58.1 cm³/mol. The second-order valence-corrected chi connectivity index (χ2v) is 3.66. The van der Waals surface area contributed by atoms with Crippen molar-refractivity contribution >= 4 is 5.91 Å². The van der Waals surface area contributed by atoms with Crippen LogP contribution >= 0.6 is 0 Å². The molecule has 3 nitrogen and oxygen atoms in total. The molecule has 0 aliphatic heterocycles. The van der Waals surface area contributed by atoms with Crippen LogP contribution in [-0.4, -0.2) is 25.2 Å². The highest BCUT2D eigenvalue weighted by Gasteiger charge is 1.99. The first-order valence-electron chi connectivity index (χ1n) is 5.09. The average Bonchev–Trinajstić information content (AvgIpc) is 2.09. The van der Waals surface area contributed by atoms with Crippen LogP contribution in [0.5, 0.6) is 0 Å². The van der Waals surface area contributed by atoms with Crippen molar-refractivity contribution < 1.29 is 9.53 Å². The molecule has 0 aromatic heterocycles. The van der Waals surface area contributed by atoms with E-state index in [1.54, 1.807) is 6.92 Å². The molecule has 0 atom stereocenters. The Morgan fingerprint density at radius 2 is 2.07 bits per heavy atom. The third-order valence-electron chi connectivity index (χ3n) is 1.70. The summed E-state index contributed by atoms with van der Waals surface area (Å²) in [6.07, 6.45) is 2.22. The monoisotopic (exact) mass is 199 g/mol. The van der Waals surface area contributed by atoms with E-state index in [0.29, 0.717) is 18.2 Å². The van der Waals surface area contributed by atoms with E-state index >= 15 is 0 Å². The lowest BCUT2D eigenvalue weighted by Crippen LogP contribution is -2.24. The first kappa shape index (κ1) is 13.2. The fourth-order valence-corrected chi connectivity index (χ4v) is 0.899. The third-order valence-corrected chi connectivity index (χ3v) is 1.70. The van der Waals surface area contributed by atoms with Crippen LogP contribution in [0.2, 0.25) is 0 Å². The number of unbranched alkanes of at least 4 members (excludes halogenated alkanes) is 1. The average molecular weight is 199 g/mol. The van der Waals surface area contributed by atoms with Crippen LogP contribution in [-0.2, 0) is 9.53 Å². The number of rotatable bonds is 7. The first-order chi connectivity index (χ1) is 6.54. The molecule has 0 aliphatic carbocycles. The lowest BCUT2D eigenvalue weighted by atomic mass is 10.3. The molecule has 0 fully saturated rings. The van der Waals surface area contributed by atoms with Crippen molar-refractivity contribution in [1.29, 1.82) is 0 Å². The Bertz CT molecular complexity index is 188. The molecular formula is C11H21NO2. The molecule has 0 saturated heterocycles. The van der Waals surface area contributed by atoms with Crippen LogP contribution in [0.1, 0.15) is 33.6 Å². The lowest BCUT2D eigenvalue weighted by molar-refractivity contribution is -0.117. The quantitative estimate of drug-likeness (QED) is 0.502. The van der Waals surface area contributed by atoms with E-state index in [9.17, 15) is 4.79 Å². The fourth-order valence-electron chi connectivity index (χ4n) is 0.899. The van der Waals surface area contributed by atoms with Gasteiger partial charge in [0, 0.05) is 18.7 Å². The number of amides is 1. The summed E-state index contributed by atoms with van der Waals surface area (Å²) in [6, 6.07) is 0. The van der Waals surface area contributed by atoms with Crippen molar-refractivity contribution in [3.05, 3.63) is 12.2 Å². The number of hydrogen-bond donors (Lipinski definition) is 1. The molecule has 0 bridgehead atoms. The van der Waals surface area contributed by atoms with Gasteiger partial charge < -0.3 is 10.1 Å². The maximum Gasteiger partial charge on any atom is 0.246 e. The topological polar surface area (TPSA) is 38.3 Å². The number of hydrogen-bond acceptors (Lipinski definition) is 2. The normalized spacial score (nSPS) is 10.3. The Morgan fingerprint density at radius 1 is 1.43 bits per heavy atom. The summed E-state index contributed by atoms with van der Waals surface area (Å²) in [5.41, 5.74) is 0.559. The summed E-state index contributed by atoms with van der Waals surface area (Å²) in [5.74, 6) is -0.0604. The summed E-state index contributed by atoms with van der Waals surface area (Å²) in [4.78, 5) is 11.0. The molecule has 82 valence electrons. The van der Waals surface area contributed by atoms with Gasteiger partial charge in [0.1, 0.15) is 0 Å². The number of nitrogens with one attached hydrogen (secondary N) is 1. The smallest absolute Gasteiger partial charge is 0.246 e. The zero-order chi connectivity index (χ0) is 11.0. The van der Waals surface area contributed by atoms with Crippen LogP contribution < -0.4 is 5.32 Å². The van der Waals surface area contributed by atoms with Gasteiger partial charge in [-0.05, 0) is 33.6 Å². The van der Waals surface area contributed by atoms with Crippen molar-refractivity contribution in [3.8, 4) is 0 Å². The summed E-state index contributed by atoms with van der Waals surface area (Å²) < 4.78 is 5.37. The second-order valence-electron chi connectivity index (χ2n) is 3.66. The van der Waals surface area contributed by atoms with Gasteiger partial charge in [-0.25, -0.2) is 0 Å². The van der Waals surface area contributed by atoms with Gasteiger partial charge in [0.25, 0.3) is 0 Å². The molecule has 0 aliphatic rings. The highest BCUT2D eigenvalue weighted by molar-refractivity contribution is 5.91. The van der Waals surface area contributed by atoms with Gasteiger partial charge in [-0.2, -0.15) is 0 Å². The largest absolute Gasteiger partial charge is 0.379 e. The molecule has 1 amide bonds. The highest BCUT2D eigenvalue weighted by Crippen LogP contribution is 1.94. The van der Waals surface area contributed by atoms with E-state index in [1.165, 1.54) is 0 Å². The molecular weight excluding hydrogens is 178 g/mol. The van der Waals surface area contributed by atoms with E-state index in [-0.39, 0.29) is 5.91 Å². The molecule has 0 aromatic carbocycles. The Morgan fingerprint density at radius 3 is 2.57 bits per heavy atom. The van der Waals surface area contributed by atoms with Gasteiger partial charge in [-0.15, -0.1) is 0 Å². The molecule has 3 heteroatoms. The van der Waals surface area contributed by atoms with Crippen molar-refractivity contribution in [1.82, 2.24) is 5.32 Å². The van der Waals surface area contributed by atoms with Gasteiger partial charge in [0.2, 0.25) is 5.91 Å². The van der Waals surface area contributed by atoms with E-state index in [2.05, 4.69) is 11.9 Å². The minimum atomic E-state index is -0.0604. The van der Waals surface area contributed by atoms with Crippen molar-refractivity contribution in [2.24, 2.45) is 0 Å². The number of ether oxygens (including phenoxy) is 1. The molecule has 0 heterocycles. The Kier molecular flexibility index (Phi) is 7.11. The SMILES string of the molecule is C=C(C)C(=O)NCCCCOC(C)C. The van der Waals surface area contributed by atoms with E-state index in [0.717, 1.165) is 19.4 Å². The van der Waals surface area contributed by atoms with Gasteiger partial charge in [-0.1, -0.05) is 6.58 Å². The summed E-state index contributed by atoms with van der Waals surface area (Å²) in [6.45, 7) is 10.8. The zero-order valence-electron chi connectivity index (χ0n) is 9.43.